The number of rotatable bonds is 6. The van der Waals surface area contributed by atoms with Gasteiger partial charge in [0, 0.05) is 38.8 Å². The highest BCUT2D eigenvalue weighted by Gasteiger charge is 2.28. The fourth-order valence-electron chi connectivity index (χ4n) is 3.14. The van der Waals surface area contributed by atoms with Crippen molar-refractivity contribution >= 4 is 10.0 Å². The Kier molecular flexibility index (Phi) is 5.83. The molecular formula is C15H29N5O2S. The van der Waals surface area contributed by atoms with Crippen molar-refractivity contribution in [3.05, 3.63) is 11.4 Å². The predicted molar refractivity (Wildman–Crippen MR) is 90.9 cm³/mol. The summed E-state index contributed by atoms with van der Waals surface area (Å²) in [7, 11) is -1.42. The van der Waals surface area contributed by atoms with E-state index in [4.69, 9.17) is 0 Å². The van der Waals surface area contributed by atoms with Crippen LogP contribution in [0.4, 0.5) is 0 Å². The molecule has 23 heavy (non-hydrogen) atoms. The zero-order chi connectivity index (χ0) is 17.2. The lowest BCUT2D eigenvalue weighted by Gasteiger charge is -2.39. The van der Waals surface area contributed by atoms with Crippen LogP contribution in [-0.4, -0.2) is 74.2 Å². The molecule has 132 valence electrons. The summed E-state index contributed by atoms with van der Waals surface area (Å²) in [5.41, 5.74) is 1.09. The summed E-state index contributed by atoms with van der Waals surface area (Å²) in [6, 6.07) is 0.200. The molecule has 2 rings (SSSR count). The van der Waals surface area contributed by atoms with Crippen LogP contribution in [0.25, 0.3) is 0 Å². The quantitative estimate of drug-likeness (QED) is 0.789. The lowest BCUT2D eigenvalue weighted by atomic mass is 10.0. The molecule has 0 aliphatic carbocycles. The number of likely N-dealkylation sites (N-methyl/N-ethyl adjacent to an activating group) is 1. The highest BCUT2D eigenvalue weighted by atomic mass is 32.2. The minimum atomic E-state index is -3.54. The molecule has 0 amide bonds. The number of nitrogens with one attached hydrogen (secondary N) is 2. The fraction of sp³-hybridized carbons (Fsp3) is 0.800. The first-order valence-electron chi connectivity index (χ1n) is 8.16. The maximum atomic E-state index is 12.6. The van der Waals surface area contributed by atoms with E-state index in [1.54, 1.807) is 13.8 Å². The summed E-state index contributed by atoms with van der Waals surface area (Å²) in [4.78, 5) is 4.97. The van der Waals surface area contributed by atoms with Gasteiger partial charge in [-0.25, -0.2) is 13.1 Å². The highest BCUT2D eigenvalue weighted by Crippen LogP contribution is 2.18. The van der Waals surface area contributed by atoms with Crippen LogP contribution in [0.3, 0.4) is 0 Å². The third-order valence-corrected chi connectivity index (χ3v) is 6.27. The second-order valence-electron chi connectivity index (χ2n) is 6.77. The number of hydrogen-bond donors (Lipinski definition) is 2. The van der Waals surface area contributed by atoms with Crippen LogP contribution >= 0.6 is 0 Å². The van der Waals surface area contributed by atoms with Crippen LogP contribution in [0.1, 0.15) is 25.2 Å². The summed E-state index contributed by atoms with van der Waals surface area (Å²) in [5.74, 6) is 0.382. The molecule has 2 heterocycles. The zero-order valence-electron chi connectivity index (χ0n) is 14.8. The minimum Gasteiger partial charge on any atom is -0.304 e. The van der Waals surface area contributed by atoms with E-state index in [0.29, 0.717) is 23.9 Å². The van der Waals surface area contributed by atoms with Crippen molar-refractivity contribution in [1.82, 2.24) is 24.7 Å². The smallest absolute Gasteiger partial charge is 0.244 e. The number of piperazine rings is 1. The third kappa shape index (κ3) is 4.32. The van der Waals surface area contributed by atoms with E-state index in [-0.39, 0.29) is 10.9 Å². The van der Waals surface area contributed by atoms with Gasteiger partial charge in [-0.3, -0.25) is 10.00 Å². The van der Waals surface area contributed by atoms with Crippen molar-refractivity contribution in [2.45, 2.75) is 38.6 Å². The van der Waals surface area contributed by atoms with Gasteiger partial charge in [-0.05, 0) is 26.8 Å². The van der Waals surface area contributed by atoms with Crippen LogP contribution in [0.15, 0.2) is 4.90 Å². The van der Waals surface area contributed by atoms with Crippen LogP contribution in [0, 0.1) is 19.8 Å². The second-order valence-corrected chi connectivity index (χ2v) is 8.47. The maximum Gasteiger partial charge on any atom is 0.244 e. The predicted octanol–water partition coefficient (Wildman–Crippen LogP) is 0.577. The summed E-state index contributed by atoms with van der Waals surface area (Å²) in [6.07, 6.45) is 0. The number of nitrogens with zero attached hydrogens (tertiary/aromatic N) is 3. The minimum absolute atomic E-state index is 0.200. The van der Waals surface area contributed by atoms with E-state index in [2.05, 4.69) is 45.6 Å². The average molecular weight is 343 g/mol. The monoisotopic (exact) mass is 343 g/mol. The van der Waals surface area contributed by atoms with Crippen molar-refractivity contribution in [1.29, 1.82) is 0 Å². The largest absolute Gasteiger partial charge is 0.304 e. The second kappa shape index (κ2) is 7.29. The number of hydrogen-bond acceptors (Lipinski definition) is 5. The molecule has 0 spiro atoms. The van der Waals surface area contributed by atoms with Crippen molar-refractivity contribution in [2.75, 3.05) is 39.8 Å². The van der Waals surface area contributed by atoms with Gasteiger partial charge in [0.05, 0.1) is 11.4 Å². The molecule has 0 bridgehead atoms. The van der Waals surface area contributed by atoms with E-state index in [1.807, 2.05) is 0 Å². The molecule has 1 atom stereocenters. The van der Waals surface area contributed by atoms with Gasteiger partial charge < -0.3 is 4.90 Å². The summed E-state index contributed by atoms with van der Waals surface area (Å²) < 4.78 is 28.0. The van der Waals surface area contributed by atoms with Gasteiger partial charge in [-0.15, -0.1) is 0 Å². The van der Waals surface area contributed by atoms with E-state index in [9.17, 15) is 8.42 Å². The lowest BCUT2D eigenvalue weighted by molar-refractivity contribution is 0.0905. The number of sulfonamides is 1. The third-order valence-electron chi connectivity index (χ3n) is 4.59. The van der Waals surface area contributed by atoms with Crippen molar-refractivity contribution in [3.8, 4) is 0 Å². The first-order valence-corrected chi connectivity index (χ1v) is 9.64. The average Bonchev–Trinajstić information content (AvgIpc) is 2.80. The van der Waals surface area contributed by atoms with Gasteiger partial charge in [0.15, 0.2) is 0 Å². The molecule has 1 aromatic heterocycles. The summed E-state index contributed by atoms with van der Waals surface area (Å²) in [5, 5.41) is 6.72. The molecule has 0 saturated carbocycles. The molecule has 1 saturated heterocycles. The van der Waals surface area contributed by atoms with E-state index < -0.39 is 10.0 Å². The highest BCUT2D eigenvalue weighted by molar-refractivity contribution is 7.89. The van der Waals surface area contributed by atoms with Gasteiger partial charge in [-0.2, -0.15) is 5.10 Å². The van der Waals surface area contributed by atoms with Gasteiger partial charge >= 0.3 is 0 Å². The van der Waals surface area contributed by atoms with Crippen LogP contribution in [0.2, 0.25) is 0 Å². The normalized spacial score (nSPS) is 19.4. The SMILES string of the molecule is Cc1n[nH]c(C)c1S(=O)(=O)NCC(C(C)C)N1CCN(C)CC1. The fourth-order valence-corrected chi connectivity index (χ4v) is 4.56. The van der Waals surface area contributed by atoms with Crippen molar-refractivity contribution < 1.29 is 8.42 Å². The molecule has 8 heteroatoms. The zero-order valence-corrected chi connectivity index (χ0v) is 15.6. The molecule has 7 nitrogen and oxygen atoms in total. The van der Waals surface area contributed by atoms with Gasteiger partial charge in [0.25, 0.3) is 0 Å². The van der Waals surface area contributed by atoms with Crippen LogP contribution < -0.4 is 4.72 Å². The summed E-state index contributed by atoms with van der Waals surface area (Å²) >= 11 is 0. The maximum absolute atomic E-state index is 12.6. The molecule has 1 fully saturated rings. The van der Waals surface area contributed by atoms with E-state index in [0.717, 1.165) is 26.2 Å². The Labute approximate surface area is 139 Å². The Bertz CT molecular complexity index is 598. The lowest BCUT2D eigenvalue weighted by Crippen LogP contribution is -2.54. The van der Waals surface area contributed by atoms with Crippen molar-refractivity contribution in [3.63, 3.8) is 0 Å². The first kappa shape index (κ1) is 18.4. The van der Waals surface area contributed by atoms with Gasteiger partial charge in [-0.1, -0.05) is 13.8 Å². The van der Waals surface area contributed by atoms with Crippen LogP contribution in [-0.2, 0) is 10.0 Å². The van der Waals surface area contributed by atoms with Gasteiger partial charge in [0.1, 0.15) is 4.90 Å². The molecule has 2 N–H and O–H groups in total. The Morgan fingerprint density at radius 3 is 2.30 bits per heavy atom. The van der Waals surface area contributed by atoms with Gasteiger partial charge in [0.2, 0.25) is 10.0 Å². The summed E-state index contributed by atoms with van der Waals surface area (Å²) in [6.45, 7) is 12.2. The van der Waals surface area contributed by atoms with Crippen molar-refractivity contribution in [2.24, 2.45) is 5.92 Å². The Morgan fingerprint density at radius 1 is 1.22 bits per heavy atom. The Hall–Kier alpha value is -0.960. The number of aromatic nitrogens is 2. The Balaban J connectivity index is 2.07. The molecule has 1 aromatic rings. The Morgan fingerprint density at radius 2 is 1.83 bits per heavy atom. The molecule has 0 aromatic carbocycles. The molecular weight excluding hydrogens is 314 g/mol. The number of aromatic amines is 1. The van der Waals surface area contributed by atoms with Crippen LogP contribution in [0.5, 0.6) is 0 Å². The molecule has 1 aliphatic heterocycles. The number of aryl methyl sites for hydroxylation is 2. The standard InChI is InChI=1S/C15H29N5O2S/c1-11(2)14(20-8-6-19(5)7-9-20)10-16-23(21,22)15-12(3)17-18-13(15)4/h11,14,16H,6-10H2,1-5H3,(H,17,18). The molecule has 0 radical (unpaired) electrons. The topological polar surface area (TPSA) is 81.3 Å². The van der Waals surface area contributed by atoms with E-state index >= 15 is 0 Å². The first-order chi connectivity index (χ1) is 10.7. The molecule has 1 aliphatic rings. The molecule has 1 unspecified atom stereocenters. The van der Waals surface area contributed by atoms with E-state index in [1.165, 1.54) is 0 Å². The number of H-pyrrole nitrogens is 1.